The van der Waals surface area contributed by atoms with E-state index in [1.165, 1.54) is 5.56 Å². The van der Waals surface area contributed by atoms with Crippen LogP contribution in [0.3, 0.4) is 0 Å². The maximum atomic E-state index is 4.47. The minimum Gasteiger partial charge on any atom is -0.379 e. The highest BCUT2D eigenvalue weighted by molar-refractivity contribution is 9.10. The molecule has 21 heavy (non-hydrogen) atoms. The second-order valence-electron chi connectivity index (χ2n) is 4.78. The van der Waals surface area contributed by atoms with Crippen molar-refractivity contribution < 1.29 is 0 Å². The van der Waals surface area contributed by atoms with Crippen LogP contribution in [0.25, 0.3) is 5.69 Å². The Bertz CT molecular complexity index is 737. The van der Waals surface area contributed by atoms with Crippen molar-refractivity contribution in [3.63, 3.8) is 0 Å². The molecular weight excluding hydrogens is 328 g/mol. The van der Waals surface area contributed by atoms with Crippen LogP contribution in [0.4, 0.5) is 5.69 Å². The van der Waals surface area contributed by atoms with Crippen LogP contribution in [0.5, 0.6) is 0 Å². The normalized spacial score (nSPS) is 10.6. The summed E-state index contributed by atoms with van der Waals surface area (Å²) >= 11 is 3.53. The molecule has 0 aliphatic carbocycles. The molecule has 4 nitrogen and oxygen atoms in total. The molecule has 0 saturated carbocycles. The zero-order valence-corrected chi connectivity index (χ0v) is 13.2. The number of nitrogens with one attached hydrogen (secondary N) is 1. The number of hydrogen-bond donors (Lipinski definition) is 1. The Balaban J connectivity index is 1.69. The average Bonchev–Trinajstić information content (AvgIpc) is 2.98. The number of aryl methyl sites for hydroxylation is 1. The Kier molecular flexibility index (Phi) is 4.01. The molecule has 0 amide bonds. The van der Waals surface area contributed by atoms with Gasteiger partial charge in [0.15, 0.2) is 0 Å². The maximum absolute atomic E-state index is 4.47. The van der Waals surface area contributed by atoms with E-state index in [9.17, 15) is 0 Å². The van der Waals surface area contributed by atoms with Gasteiger partial charge in [-0.05, 0) is 36.8 Å². The summed E-state index contributed by atoms with van der Waals surface area (Å²) in [6.07, 6.45) is 1.78. The van der Waals surface area contributed by atoms with E-state index >= 15 is 0 Å². The van der Waals surface area contributed by atoms with Crippen LogP contribution in [0.15, 0.2) is 59.2 Å². The Morgan fingerprint density at radius 1 is 1.14 bits per heavy atom. The molecule has 0 spiro atoms. The van der Waals surface area contributed by atoms with Crippen molar-refractivity contribution in [3.8, 4) is 5.69 Å². The molecule has 0 bridgehead atoms. The van der Waals surface area contributed by atoms with Crippen LogP contribution in [-0.4, -0.2) is 15.0 Å². The number of rotatable bonds is 4. The number of anilines is 1. The molecule has 3 aromatic rings. The third kappa shape index (κ3) is 3.31. The first-order chi connectivity index (χ1) is 10.2. The van der Waals surface area contributed by atoms with Gasteiger partial charge in [0, 0.05) is 10.2 Å². The largest absolute Gasteiger partial charge is 0.379 e. The van der Waals surface area contributed by atoms with Gasteiger partial charge >= 0.3 is 0 Å². The van der Waals surface area contributed by atoms with Crippen LogP contribution < -0.4 is 5.32 Å². The third-order valence-electron chi connectivity index (χ3n) is 3.17. The van der Waals surface area contributed by atoms with E-state index in [2.05, 4.69) is 56.6 Å². The lowest BCUT2D eigenvalue weighted by atomic mass is 10.2. The van der Waals surface area contributed by atoms with Gasteiger partial charge in [-0.15, -0.1) is 0 Å². The number of benzene rings is 2. The molecule has 1 N–H and O–H groups in total. The Morgan fingerprint density at radius 2 is 1.95 bits per heavy atom. The van der Waals surface area contributed by atoms with Crippen molar-refractivity contribution in [3.05, 3.63) is 70.5 Å². The Labute approximate surface area is 131 Å². The molecule has 5 heteroatoms. The molecule has 1 heterocycles. The summed E-state index contributed by atoms with van der Waals surface area (Å²) in [5.41, 5.74) is 4.13. The first-order valence-corrected chi connectivity index (χ1v) is 7.48. The van der Waals surface area contributed by atoms with Crippen molar-refractivity contribution in [1.29, 1.82) is 0 Å². The predicted molar refractivity (Wildman–Crippen MR) is 87.6 cm³/mol. The minimum atomic E-state index is 0.641. The van der Waals surface area contributed by atoms with E-state index in [0.717, 1.165) is 21.5 Å². The molecule has 0 aliphatic heterocycles. The molecule has 1 aromatic heterocycles. The minimum absolute atomic E-state index is 0.641. The summed E-state index contributed by atoms with van der Waals surface area (Å²) in [6, 6.07) is 16.1. The molecular formula is C16H15BrN4. The lowest BCUT2D eigenvalue weighted by Crippen LogP contribution is -2.02. The van der Waals surface area contributed by atoms with Gasteiger partial charge in [-0.1, -0.05) is 40.2 Å². The van der Waals surface area contributed by atoms with Crippen LogP contribution >= 0.6 is 15.9 Å². The lowest BCUT2D eigenvalue weighted by Gasteiger charge is -2.06. The summed E-state index contributed by atoms with van der Waals surface area (Å²) in [5, 5.41) is 12.1. The van der Waals surface area contributed by atoms with Crippen LogP contribution in [-0.2, 0) is 6.54 Å². The monoisotopic (exact) mass is 342 g/mol. The van der Waals surface area contributed by atoms with Gasteiger partial charge in [-0.2, -0.15) is 15.0 Å². The van der Waals surface area contributed by atoms with E-state index in [0.29, 0.717) is 6.54 Å². The van der Waals surface area contributed by atoms with Crippen molar-refractivity contribution in [1.82, 2.24) is 15.0 Å². The fraction of sp³-hybridized carbons (Fsp3) is 0.125. The first-order valence-electron chi connectivity index (χ1n) is 6.69. The smallest absolute Gasteiger partial charge is 0.102 e. The van der Waals surface area contributed by atoms with Crippen LogP contribution in [0.2, 0.25) is 0 Å². The number of halogens is 1. The SMILES string of the molecule is Cc1ccc(NCc2cnn(-c3ccccc3)n2)cc1Br. The summed E-state index contributed by atoms with van der Waals surface area (Å²) in [4.78, 5) is 1.64. The second kappa shape index (κ2) is 6.10. The van der Waals surface area contributed by atoms with Gasteiger partial charge in [-0.25, -0.2) is 0 Å². The zero-order chi connectivity index (χ0) is 14.7. The van der Waals surface area contributed by atoms with E-state index in [-0.39, 0.29) is 0 Å². The molecule has 0 fully saturated rings. The number of nitrogens with zero attached hydrogens (tertiary/aromatic N) is 3. The zero-order valence-electron chi connectivity index (χ0n) is 11.6. The highest BCUT2D eigenvalue weighted by Gasteiger charge is 2.03. The highest BCUT2D eigenvalue weighted by atomic mass is 79.9. The number of aromatic nitrogens is 3. The van der Waals surface area contributed by atoms with Gasteiger partial charge in [0.2, 0.25) is 0 Å². The van der Waals surface area contributed by atoms with Crippen molar-refractivity contribution in [2.45, 2.75) is 13.5 Å². The fourth-order valence-electron chi connectivity index (χ4n) is 1.96. The second-order valence-corrected chi connectivity index (χ2v) is 5.63. The molecule has 0 aliphatic rings. The Morgan fingerprint density at radius 3 is 2.71 bits per heavy atom. The predicted octanol–water partition coefficient (Wildman–Crippen LogP) is 3.95. The number of para-hydroxylation sites is 1. The summed E-state index contributed by atoms with van der Waals surface area (Å²) in [7, 11) is 0. The van der Waals surface area contributed by atoms with Gasteiger partial charge in [0.05, 0.1) is 18.4 Å². The van der Waals surface area contributed by atoms with Crippen molar-refractivity contribution in [2.75, 3.05) is 5.32 Å². The molecule has 106 valence electrons. The van der Waals surface area contributed by atoms with Gasteiger partial charge < -0.3 is 5.32 Å². The lowest BCUT2D eigenvalue weighted by molar-refractivity contribution is 0.740. The quantitative estimate of drug-likeness (QED) is 0.780. The highest BCUT2D eigenvalue weighted by Crippen LogP contribution is 2.20. The fourth-order valence-corrected chi connectivity index (χ4v) is 2.34. The van der Waals surface area contributed by atoms with Crippen LogP contribution in [0, 0.1) is 6.92 Å². The van der Waals surface area contributed by atoms with Crippen molar-refractivity contribution in [2.24, 2.45) is 0 Å². The Hall–Kier alpha value is -2.14. The van der Waals surface area contributed by atoms with Gasteiger partial charge in [0.25, 0.3) is 0 Å². The van der Waals surface area contributed by atoms with Crippen molar-refractivity contribution >= 4 is 21.6 Å². The van der Waals surface area contributed by atoms with Gasteiger partial charge in [0.1, 0.15) is 5.69 Å². The average molecular weight is 343 g/mol. The first kappa shape index (κ1) is 13.8. The summed E-state index contributed by atoms with van der Waals surface area (Å²) in [5.74, 6) is 0. The molecule has 3 rings (SSSR count). The van der Waals surface area contributed by atoms with E-state index < -0.39 is 0 Å². The molecule has 2 aromatic carbocycles. The van der Waals surface area contributed by atoms with E-state index in [1.54, 1.807) is 11.0 Å². The molecule has 0 saturated heterocycles. The standard InChI is InChI=1S/C16H15BrN4/c1-12-7-8-13(9-16(12)17)18-10-14-11-19-21(20-14)15-5-3-2-4-6-15/h2-9,11,18H,10H2,1H3. The summed E-state index contributed by atoms with van der Waals surface area (Å²) in [6.45, 7) is 2.71. The van der Waals surface area contributed by atoms with Crippen LogP contribution in [0.1, 0.15) is 11.3 Å². The van der Waals surface area contributed by atoms with Gasteiger partial charge in [-0.3, -0.25) is 0 Å². The number of hydrogen-bond acceptors (Lipinski definition) is 3. The summed E-state index contributed by atoms with van der Waals surface area (Å²) < 4.78 is 1.10. The molecule has 0 atom stereocenters. The van der Waals surface area contributed by atoms with E-state index in [4.69, 9.17) is 0 Å². The maximum Gasteiger partial charge on any atom is 0.102 e. The van der Waals surface area contributed by atoms with E-state index in [1.807, 2.05) is 30.3 Å². The third-order valence-corrected chi connectivity index (χ3v) is 4.03. The molecule has 0 radical (unpaired) electrons. The molecule has 0 unspecified atom stereocenters. The topological polar surface area (TPSA) is 42.7 Å².